The second kappa shape index (κ2) is 6.31. The minimum atomic E-state index is -0.218. The number of amides is 1. The number of aromatic nitrogens is 1. The molecule has 0 bridgehead atoms. The van der Waals surface area contributed by atoms with Crippen LogP contribution in [-0.2, 0) is 4.79 Å². The summed E-state index contributed by atoms with van der Waals surface area (Å²) in [4.78, 5) is 20.5. The van der Waals surface area contributed by atoms with Crippen molar-refractivity contribution in [3.05, 3.63) is 10.0 Å². The van der Waals surface area contributed by atoms with Gasteiger partial charge in [-0.05, 0) is 43.9 Å². The van der Waals surface area contributed by atoms with E-state index in [9.17, 15) is 4.79 Å². The molecule has 0 N–H and O–H groups in total. The number of carbonyl (C=O) groups is 1. The number of nitriles is 1. The molecule has 24 heavy (non-hydrogen) atoms. The van der Waals surface area contributed by atoms with Crippen LogP contribution in [0.2, 0.25) is 5.15 Å². The van der Waals surface area contributed by atoms with Gasteiger partial charge in [-0.15, -0.1) is 0 Å². The molecule has 3 fully saturated rings. The molecular weight excluding hydrogens is 342 g/mol. The van der Waals surface area contributed by atoms with Gasteiger partial charge >= 0.3 is 0 Å². The van der Waals surface area contributed by atoms with E-state index in [0.717, 1.165) is 30.9 Å². The van der Waals surface area contributed by atoms with E-state index >= 15 is 0 Å². The number of carbonyl (C=O) groups excluding carboxylic acids is 1. The quantitative estimate of drug-likeness (QED) is 0.768. The van der Waals surface area contributed by atoms with E-state index in [1.807, 2.05) is 4.90 Å². The molecule has 4 rings (SSSR count). The molecular formula is C18H22ClN3OS. The van der Waals surface area contributed by atoms with Crippen molar-refractivity contribution in [2.45, 2.75) is 63.7 Å². The molecule has 0 atom stereocenters. The number of halogens is 1. The summed E-state index contributed by atoms with van der Waals surface area (Å²) in [5, 5.41) is 10.2. The molecule has 1 aromatic heterocycles. The number of anilines is 1. The van der Waals surface area contributed by atoms with Gasteiger partial charge in [0.25, 0.3) is 0 Å². The second-order valence-corrected chi connectivity index (χ2v) is 8.98. The van der Waals surface area contributed by atoms with Gasteiger partial charge in [0.2, 0.25) is 5.91 Å². The minimum absolute atomic E-state index is 0.206. The predicted molar refractivity (Wildman–Crippen MR) is 95.3 cm³/mol. The molecule has 4 nitrogen and oxygen atoms in total. The highest BCUT2D eigenvalue weighted by Gasteiger charge is 2.55. The van der Waals surface area contributed by atoms with Gasteiger partial charge in [0.1, 0.15) is 5.15 Å². The van der Waals surface area contributed by atoms with Crippen LogP contribution in [-0.4, -0.2) is 17.4 Å². The van der Waals surface area contributed by atoms with Crippen LogP contribution in [0, 0.1) is 22.7 Å². The molecule has 3 aliphatic rings. The number of hydrogen-bond donors (Lipinski definition) is 0. The van der Waals surface area contributed by atoms with E-state index in [-0.39, 0.29) is 11.3 Å². The highest BCUT2D eigenvalue weighted by Crippen LogP contribution is 2.55. The van der Waals surface area contributed by atoms with Crippen molar-refractivity contribution < 1.29 is 4.79 Å². The first kappa shape index (κ1) is 16.4. The molecule has 0 aromatic carbocycles. The van der Waals surface area contributed by atoms with Crippen LogP contribution < -0.4 is 4.90 Å². The van der Waals surface area contributed by atoms with E-state index in [2.05, 4.69) is 11.1 Å². The summed E-state index contributed by atoms with van der Waals surface area (Å²) < 4.78 is 0. The van der Waals surface area contributed by atoms with Crippen molar-refractivity contribution in [3.8, 4) is 6.07 Å². The van der Waals surface area contributed by atoms with Gasteiger partial charge in [-0.2, -0.15) is 5.26 Å². The lowest BCUT2D eigenvalue weighted by Crippen LogP contribution is -2.44. The lowest BCUT2D eigenvalue weighted by atomic mass is 9.60. The number of rotatable bonds is 3. The first-order valence-electron chi connectivity index (χ1n) is 8.98. The van der Waals surface area contributed by atoms with Crippen LogP contribution in [0.4, 0.5) is 5.13 Å². The van der Waals surface area contributed by atoms with E-state index in [4.69, 9.17) is 16.9 Å². The fraction of sp³-hybridized carbons (Fsp3) is 0.722. The normalized spacial score (nSPS) is 30.6. The summed E-state index contributed by atoms with van der Waals surface area (Å²) in [5.74, 6) is 1.13. The summed E-state index contributed by atoms with van der Waals surface area (Å²) in [6.07, 6.45) is 9.42. The fourth-order valence-electron chi connectivity index (χ4n) is 4.74. The highest BCUT2D eigenvalue weighted by molar-refractivity contribution is 7.16. The standard InChI is InChI=1S/C18H22ClN3OS/c19-15-14(13-4-2-1-3-5-13)24-17(21-15)22-9-7-18(16(22)23)10-12(11-18)6-8-20/h12-13H,1-7,9-11H2. The summed E-state index contributed by atoms with van der Waals surface area (Å²) in [7, 11) is 0. The smallest absolute Gasteiger partial charge is 0.235 e. The topological polar surface area (TPSA) is 57.0 Å². The van der Waals surface area contributed by atoms with Gasteiger partial charge in [-0.25, -0.2) is 4.98 Å². The van der Waals surface area contributed by atoms with Crippen molar-refractivity contribution in [1.82, 2.24) is 4.98 Å². The molecule has 1 amide bonds. The van der Waals surface area contributed by atoms with Crippen LogP contribution in [0.15, 0.2) is 0 Å². The molecule has 128 valence electrons. The largest absolute Gasteiger partial charge is 0.288 e. The van der Waals surface area contributed by atoms with Gasteiger partial charge in [0, 0.05) is 17.8 Å². The maximum Gasteiger partial charge on any atom is 0.235 e. The first-order valence-corrected chi connectivity index (χ1v) is 10.2. The molecule has 2 heterocycles. The van der Waals surface area contributed by atoms with Crippen molar-refractivity contribution >= 4 is 34.0 Å². The van der Waals surface area contributed by atoms with Gasteiger partial charge in [-0.1, -0.05) is 42.2 Å². The van der Waals surface area contributed by atoms with Crippen molar-refractivity contribution in [3.63, 3.8) is 0 Å². The average molecular weight is 364 g/mol. The minimum Gasteiger partial charge on any atom is -0.288 e. The molecule has 2 saturated carbocycles. The highest BCUT2D eigenvalue weighted by atomic mass is 35.5. The lowest BCUT2D eigenvalue weighted by molar-refractivity contribution is -0.132. The van der Waals surface area contributed by atoms with E-state index < -0.39 is 0 Å². The Bertz CT molecular complexity index is 683. The number of hydrogen-bond acceptors (Lipinski definition) is 4. The second-order valence-electron chi connectivity index (χ2n) is 7.61. The molecule has 6 heteroatoms. The maximum absolute atomic E-state index is 12.9. The summed E-state index contributed by atoms with van der Waals surface area (Å²) in [5.41, 5.74) is -0.218. The van der Waals surface area contributed by atoms with Crippen LogP contribution in [0.5, 0.6) is 0 Å². The Hall–Kier alpha value is -1.12. The number of thiazole rings is 1. The average Bonchev–Trinajstić information content (AvgIpc) is 3.09. The molecule has 2 aliphatic carbocycles. The maximum atomic E-state index is 12.9. The molecule has 0 unspecified atom stereocenters. The molecule has 1 spiro atoms. The van der Waals surface area contributed by atoms with Crippen molar-refractivity contribution in [2.75, 3.05) is 11.4 Å². The van der Waals surface area contributed by atoms with Crippen LogP contribution in [0.1, 0.15) is 68.6 Å². The molecule has 0 radical (unpaired) electrons. The summed E-state index contributed by atoms with van der Waals surface area (Å²) >= 11 is 8.04. The van der Waals surface area contributed by atoms with Gasteiger partial charge in [-0.3, -0.25) is 9.69 Å². The molecule has 1 aliphatic heterocycles. The third-order valence-corrected chi connectivity index (χ3v) is 7.70. The Kier molecular flexibility index (Phi) is 4.30. The third-order valence-electron chi connectivity index (χ3n) is 6.06. The third kappa shape index (κ3) is 2.64. The van der Waals surface area contributed by atoms with Gasteiger partial charge in [0.15, 0.2) is 5.13 Å². The van der Waals surface area contributed by atoms with E-state index in [1.165, 1.54) is 37.0 Å². The van der Waals surface area contributed by atoms with Crippen LogP contribution in [0.25, 0.3) is 0 Å². The number of nitrogens with zero attached hydrogens (tertiary/aromatic N) is 3. The van der Waals surface area contributed by atoms with Gasteiger partial charge < -0.3 is 0 Å². The zero-order valence-corrected chi connectivity index (χ0v) is 15.3. The van der Waals surface area contributed by atoms with E-state index in [0.29, 0.717) is 23.4 Å². The Balaban J connectivity index is 1.49. The predicted octanol–water partition coefficient (Wildman–Crippen LogP) is 4.89. The Morgan fingerprint density at radius 3 is 2.79 bits per heavy atom. The lowest BCUT2D eigenvalue weighted by Gasteiger charge is -2.42. The zero-order chi connectivity index (χ0) is 16.7. The first-order chi connectivity index (χ1) is 11.6. The fourth-order valence-corrected chi connectivity index (χ4v) is 6.29. The Morgan fingerprint density at radius 1 is 1.33 bits per heavy atom. The molecule has 1 aromatic rings. The SMILES string of the molecule is N#CCC1CC2(CCN(c3nc(Cl)c(C4CCCCC4)s3)C2=O)C1. The summed E-state index contributed by atoms with van der Waals surface area (Å²) in [6, 6.07) is 2.23. The zero-order valence-electron chi connectivity index (χ0n) is 13.8. The van der Waals surface area contributed by atoms with Crippen molar-refractivity contribution in [2.24, 2.45) is 11.3 Å². The van der Waals surface area contributed by atoms with E-state index in [1.54, 1.807) is 11.3 Å². The van der Waals surface area contributed by atoms with Crippen molar-refractivity contribution in [1.29, 1.82) is 5.26 Å². The molecule has 1 saturated heterocycles. The monoisotopic (exact) mass is 363 g/mol. The Morgan fingerprint density at radius 2 is 2.08 bits per heavy atom. The Labute approximate surface area is 151 Å². The summed E-state index contributed by atoms with van der Waals surface area (Å²) in [6.45, 7) is 0.742. The van der Waals surface area contributed by atoms with Crippen LogP contribution >= 0.6 is 22.9 Å². The van der Waals surface area contributed by atoms with Gasteiger partial charge in [0.05, 0.1) is 11.5 Å². The van der Waals surface area contributed by atoms with Crippen LogP contribution in [0.3, 0.4) is 0 Å².